The molecule has 0 saturated heterocycles. The van der Waals surface area contributed by atoms with Crippen molar-refractivity contribution in [1.82, 2.24) is 14.7 Å². The first-order valence-corrected chi connectivity index (χ1v) is 9.23. The van der Waals surface area contributed by atoms with Gasteiger partial charge in [-0.25, -0.2) is 4.98 Å². The Morgan fingerprint density at radius 3 is 2.56 bits per heavy atom. The minimum atomic E-state index is -0.322. The lowest BCUT2D eigenvalue weighted by Gasteiger charge is -2.13. The van der Waals surface area contributed by atoms with Crippen LogP contribution in [0.1, 0.15) is 59.3 Å². The number of para-hydroxylation sites is 1. The molecule has 3 aromatic rings. The van der Waals surface area contributed by atoms with Crippen LogP contribution >= 0.6 is 0 Å². The first-order chi connectivity index (χ1) is 13.0. The number of carbonyl (C=O) groups is 2. The molecule has 1 aliphatic rings. The SMILES string of the molecule is CC(C)c1ccccc1NC(=O)c1nc(C(=O)NC2CC2)n2ccccc12. The quantitative estimate of drug-likeness (QED) is 0.728. The van der Waals surface area contributed by atoms with E-state index in [1.165, 1.54) is 0 Å². The number of hydrogen-bond donors (Lipinski definition) is 2. The van der Waals surface area contributed by atoms with Gasteiger partial charge in [-0.2, -0.15) is 0 Å². The van der Waals surface area contributed by atoms with Crippen LogP contribution in [-0.4, -0.2) is 27.2 Å². The maximum Gasteiger partial charge on any atom is 0.287 e. The number of benzene rings is 1. The zero-order valence-corrected chi connectivity index (χ0v) is 15.4. The summed E-state index contributed by atoms with van der Waals surface area (Å²) in [5.41, 5.74) is 2.67. The molecule has 0 aliphatic heterocycles. The summed E-state index contributed by atoms with van der Waals surface area (Å²) in [5, 5.41) is 5.89. The number of amides is 2. The van der Waals surface area contributed by atoms with E-state index in [2.05, 4.69) is 29.5 Å². The summed E-state index contributed by atoms with van der Waals surface area (Å²) in [6.45, 7) is 4.16. The van der Waals surface area contributed by atoms with Crippen molar-refractivity contribution in [2.75, 3.05) is 5.32 Å². The Bertz CT molecular complexity index is 1020. The van der Waals surface area contributed by atoms with Gasteiger partial charge in [0, 0.05) is 17.9 Å². The van der Waals surface area contributed by atoms with Crippen LogP contribution in [0.2, 0.25) is 0 Å². The molecule has 6 heteroatoms. The highest BCUT2D eigenvalue weighted by Gasteiger charge is 2.27. The Morgan fingerprint density at radius 2 is 1.81 bits per heavy atom. The van der Waals surface area contributed by atoms with Crippen molar-refractivity contribution >= 4 is 23.0 Å². The Morgan fingerprint density at radius 1 is 1.07 bits per heavy atom. The molecule has 1 aromatic carbocycles. The summed E-state index contributed by atoms with van der Waals surface area (Å²) < 4.78 is 1.67. The van der Waals surface area contributed by atoms with Crippen molar-refractivity contribution in [3.63, 3.8) is 0 Å². The molecule has 0 radical (unpaired) electrons. The van der Waals surface area contributed by atoms with E-state index in [1.807, 2.05) is 36.4 Å². The molecule has 138 valence electrons. The molecular formula is C21H22N4O2. The monoisotopic (exact) mass is 362 g/mol. The summed E-state index contributed by atoms with van der Waals surface area (Å²) in [6.07, 6.45) is 3.74. The fourth-order valence-corrected chi connectivity index (χ4v) is 3.14. The lowest BCUT2D eigenvalue weighted by molar-refractivity contribution is 0.0940. The highest BCUT2D eigenvalue weighted by molar-refractivity contribution is 6.09. The first-order valence-electron chi connectivity index (χ1n) is 9.23. The predicted molar refractivity (Wildman–Crippen MR) is 104 cm³/mol. The molecule has 1 saturated carbocycles. The zero-order valence-electron chi connectivity index (χ0n) is 15.4. The van der Waals surface area contributed by atoms with Gasteiger partial charge in [0.15, 0.2) is 5.69 Å². The van der Waals surface area contributed by atoms with Crippen molar-refractivity contribution in [1.29, 1.82) is 0 Å². The molecule has 2 amide bonds. The van der Waals surface area contributed by atoms with E-state index in [1.54, 1.807) is 16.7 Å². The second kappa shape index (κ2) is 6.87. The number of anilines is 1. The average Bonchev–Trinajstić information content (AvgIpc) is 3.38. The molecule has 1 fully saturated rings. The molecule has 4 rings (SSSR count). The molecule has 0 atom stereocenters. The predicted octanol–water partition coefficient (Wildman–Crippen LogP) is 3.60. The minimum Gasteiger partial charge on any atom is -0.347 e. The fraction of sp³-hybridized carbons (Fsp3) is 0.286. The number of carbonyl (C=O) groups excluding carboxylic acids is 2. The van der Waals surface area contributed by atoms with E-state index in [4.69, 9.17) is 0 Å². The molecule has 0 unspecified atom stereocenters. The van der Waals surface area contributed by atoms with Crippen molar-refractivity contribution in [2.24, 2.45) is 0 Å². The van der Waals surface area contributed by atoms with E-state index >= 15 is 0 Å². The van der Waals surface area contributed by atoms with Gasteiger partial charge in [-0.3, -0.25) is 14.0 Å². The van der Waals surface area contributed by atoms with E-state index in [0.717, 1.165) is 24.1 Å². The van der Waals surface area contributed by atoms with Gasteiger partial charge >= 0.3 is 0 Å². The second-order valence-corrected chi connectivity index (χ2v) is 7.18. The topological polar surface area (TPSA) is 75.5 Å². The third kappa shape index (κ3) is 3.43. The molecule has 2 N–H and O–H groups in total. The number of rotatable bonds is 5. The van der Waals surface area contributed by atoms with Crippen LogP contribution in [0.4, 0.5) is 5.69 Å². The van der Waals surface area contributed by atoms with Gasteiger partial charge in [0.05, 0.1) is 5.52 Å². The van der Waals surface area contributed by atoms with Crippen LogP contribution < -0.4 is 10.6 Å². The first kappa shape index (κ1) is 17.3. The number of pyridine rings is 1. The number of aromatic nitrogens is 2. The number of nitrogens with zero attached hydrogens (tertiary/aromatic N) is 2. The van der Waals surface area contributed by atoms with E-state index in [-0.39, 0.29) is 35.3 Å². The molecule has 2 aromatic heterocycles. The van der Waals surface area contributed by atoms with Gasteiger partial charge in [-0.05, 0) is 42.5 Å². The summed E-state index contributed by atoms with van der Waals surface area (Å²) >= 11 is 0. The Balaban J connectivity index is 1.69. The fourth-order valence-electron chi connectivity index (χ4n) is 3.14. The summed E-state index contributed by atoms with van der Waals surface area (Å²) in [7, 11) is 0. The van der Waals surface area contributed by atoms with Crippen molar-refractivity contribution in [3.8, 4) is 0 Å². The van der Waals surface area contributed by atoms with Gasteiger partial charge in [0.1, 0.15) is 0 Å². The van der Waals surface area contributed by atoms with Crippen LogP contribution in [-0.2, 0) is 0 Å². The Labute approximate surface area is 157 Å². The zero-order chi connectivity index (χ0) is 19.0. The smallest absolute Gasteiger partial charge is 0.287 e. The minimum absolute atomic E-state index is 0.226. The maximum absolute atomic E-state index is 13.0. The largest absolute Gasteiger partial charge is 0.347 e. The third-order valence-electron chi connectivity index (χ3n) is 4.71. The summed E-state index contributed by atoms with van der Waals surface area (Å²) in [4.78, 5) is 29.9. The van der Waals surface area contributed by atoms with Gasteiger partial charge in [0.25, 0.3) is 11.8 Å². The van der Waals surface area contributed by atoms with Crippen LogP contribution in [0.15, 0.2) is 48.7 Å². The summed E-state index contributed by atoms with van der Waals surface area (Å²) in [6, 6.07) is 13.4. The average molecular weight is 362 g/mol. The van der Waals surface area contributed by atoms with Crippen LogP contribution in [0.5, 0.6) is 0 Å². The lowest BCUT2D eigenvalue weighted by Crippen LogP contribution is -2.27. The standard InChI is InChI=1S/C21H22N4O2/c1-13(2)15-7-3-4-8-16(15)23-20(26)18-17-9-5-6-12-25(17)19(24-18)21(27)22-14-10-11-14/h3-9,12-14H,10-11H2,1-2H3,(H,22,27)(H,23,26). The van der Waals surface area contributed by atoms with Gasteiger partial charge in [-0.15, -0.1) is 0 Å². The van der Waals surface area contributed by atoms with Crippen molar-refractivity contribution in [2.45, 2.75) is 38.6 Å². The number of nitrogens with one attached hydrogen (secondary N) is 2. The number of fused-ring (bicyclic) bond motifs is 1. The lowest BCUT2D eigenvalue weighted by atomic mass is 10.0. The normalized spacial score (nSPS) is 13.7. The second-order valence-electron chi connectivity index (χ2n) is 7.18. The third-order valence-corrected chi connectivity index (χ3v) is 4.71. The molecule has 2 heterocycles. The molecule has 6 nitrogen and oxygen atoms in total. The molecular weight excluding hydrogens is 340 g/mol. The van der Waals surface area contributed by atoms with E-state index < -0.39 is 0 Å². The highest BCUT2D eigenvalue weighted by Crippen LogP contribution is 2.25. The number of imidazole rings is 1. The van der Waals surface area contributed by atoms with Crippen LogP contribution in [0.3, 0.4) is 0 Å². The van der Waals surface area contributed by atoms with Gasteiger partial charge in [-0.1, -0.05) is 38.1 Å². The molecule has 1 aliphatic carbocycles. The molecule has 27 heavy (non-hydrogen) atoms. The molecule has 0 spiro atoms. The maximum atomic E-state index is 13.0. The summed E-state index contributed by atoms with van der Waals surface area (Å²) in [5.74, 6) is -0.0579. The van der Waals surface area contributed by atoms with Crippen molar-refractivity contribution in [3.05, 3.63) is 65.7 Å². The van der Waals surface area contributed by atoms with Crippen molar-refractivity contribution < 1.29 is 9.59 Å². The van der Waals surface area contributed by atoms with Gasteiger partial charge < -0.3 is 10.6 Å². The Hall–Kier alpha value is -3.15. The van der Waals surface area contributed by atoms with Crippen LogP contribution in [0.25, 0.3) is 5.52 Å². The number of hydrogen-bond acceptors (Lipinski definition) is 3. The highest BCUT2D eigenvalue weighted by atomic mass is 16.2. The van der Waals surface area contributed by atoms with E-state index in [9.17, 15) is 9.59 Å². The Kier molecular flexibility index (Phi) is 4.39. The van der Waals surface area contributed by atoms with E-state index in [0.29, 0.717) is 5.52 Å². The molecule has 0 bridgehead atoms. The van der Waals surface area contributed by atoms with Crippen LogP contribution in [0, 0.1) is 0 Å². The van der Waals surface area contributed by atoms with Gasteiger partial charge in [0.2, 0.25) is 5.82 Å².